The van der Waals surface area contributed by atoms with E-state index < -0.39 is 23.2 Å². The van der Waals surface area contributed by atoms with Crippen LogP contribution in [0.4, 0.5) is 13.2 Å². The van der Waals surface area contributed by atoms with Gasteiger partial charge in [0.1, 0.15) is 5.83 Å². The Hall–Kier alpha value is -0.760. The number of rotatable bonds is 4. The van der Waals surface area contributed by atoms with Crippen LogP contribution in [0.2, 0.25) is 0 Å². The highest BCUT2D eigenvalue weighted by Gasteiger charge is 2.17. The van der Waals surface area contributed by atoms with Crippen LogP contribution in [0.3, 0.4) is 0 Å². The lowest BCUT2D eigenvalue weighted by Gasteiger charge is -2.06. The molecular formula is C9H12F3OP. The van der Waals surface area contributed by atoms with Crippen LogP contribution in [-0.4, -0.2) is 13.3 Å². The lowest BCUT2D eigenvalue weighted by Crippen LogP contribution is -1.96. The minimum atomic E-state index is -1.36. The van der Waals surface area contributed by atoms with Gasteiger partial charge in [-0.3, -0.25) is 0 Å². The zero-order chi connectivity index (χ0) is 11.3. The third-order valence-electron chi connectivity index (χ3n) is 1.40. The molecule has 0 aliphatic carbocycles. The van der Waals surface area contributed by atoms with Crippen LogP contribution in [0.25, 0.3) is 0 Å². The molecule has 0 aromatic heterocycles. The fourth-order valence-corrected chi connectivity index (χ4v) is 0.885. The van der Waals surface area contributed by atoms with E-state index in [1.807, 2.05) is 9.24 Å². The van der Waals surface area contributed by atoms with Crippen molar-refractivity contribution in [3.05, 3.63) is 35.4 Å². The van der Waals surface area contributed by atoms with E-state index in [4.69, 9.17) is 0 Å². The molecule has 0 spiro atoms. The molecule has 0 fully saturated rings. The number of halogens is 3. The summed E-state index contributed by atoms with van der Waals surface area (Å²) in [6, 6.07) is 0. The molecule has 1 atom stereocenters. The molecule has 1 unspecified atom stereocenters. The molecule has 14 heavy (non-hydrogen) atoms. The van der Waals surface area contributed by atoms with E-state index in [1.165, 1.54) is 6.92 Å². The number of hydrogen-bond donors (Lipinski definition) is 0. The topological polar surface area (TPSA) is 9.23 Å². The van der Waals surface area contributed by atoms with Crippen LogP contribution in [0.15, 0.2) is 35.4 Å². The highest BCUT2D eigenvalue weighted by molar-refractivity contribution is 7.16. The third-order valence-corrected chi connectivity index (χ3v) is 1.75. The maximum atomic E-state index is 13.2. The van der Waals surface area contributed by atoms with Crippen molar-refractivity contribution in [2.75, 3.05) is 13.3 Å². The van der Waals surface area contributed by atoms with Gasteiger partial charge in [0.25, 0.3) is 0 Å². The Morgan fingerprint density at radius 2 is 1.79 bits per heavy atom. The number of methoxy groups -OCH3 is 1. The van der Waals surface area contributed by atoms with Gasteiger partial charge < -0.3 is 4.74 Å². The maximum absolute atomic E-state index is 13.2. The summed E-state index contributed by atoms with van der Waals surface area (Å²) in [6.45, 7) is 4.48. The number of hydrogen-bond acceptors (Lipinski definition) is 1. The predicted octanol–water partition coefficient (Wildman–Crippen LogP) is 3.42. The van der Waals surface area contributed by atoms with Crippen molar-refractivity contribution in [2.45, 2.75) is 6.92 Å². The molecule has 0 heterocycles. The summed E-state index contributed by atoms with van der Waals surface area (Å²) >= 11 is 0. The molecule has 0 bridgehead atoms. The van der Waals surface area contributed by atoms with Gasteiger partial charge in [-0.25, -0.2) is 8.78 Å². The first-order chi connectivity index (χ1) is 6.45. The zero-order valence-corrected chi connectivity index (χ0v) is 9.19. The van der Waals surface area contributed by atoms with Crippen LogP contribution in [0.5, 0.6) is 0 Å². The van der Waals surface area contributed by atoms with E-state index >= 15 is 0 Å². The van der Waals surface area contributed by atoms with Gasteiger partial charge in [0.05, 0.1) is 7.11 Å². The van der Waals surface area contributed by atoms with E-state index in [9.17, 15) is 13.2 Å². The third kappa shape index (κ3) is 3.18. The van der Waals surface area contributed by atoms with E-state index in [0.29, 0.717) is 0 Å². The first-order valence-electron chi connectivity index (χ1n) is 3.79. The predicted molar refractivity (Wildman–Crippen MR) is 53.8 cm³/mol. The van der Waals surface area contributed by atoms with Crippen molar-refractivity contribution in [2.24, 2.45) is 0 Å². The Balaban J connectivity index is 5.27. The van der Waals surface area contributed by atoms with Gasteiger partial charge in [0, 0.05) is 6.16 Å². The maximum Gasteiger partial charge on any atom is 0.203 e. The Bertz CT molecular complexity index is 294. The summed E-state index contributed by atoms with van der Waals surface area (Å²) in [4.78, 5) is 0. The molecule has 0 saturated heterocycles. The Morgan fingerprint density at radius 1 is 1.29 bits per heavy atom. The Morgan fingerprint density at radius 3 is 2.07 bits per heavy atom. The molecule has 5 heteroatoms. The van der Waals surface area contributed by atoms with E-state index in [0.717, 1.165) is 7.11 Å². The second-order valence-corrected chi connectivity index (χ2v) is 2.96. The van der Waals surface area contributed by atoms with Gasteiger partial charge in [-0.15, -0.1) is 9.24 Å². The van der Waals surface area contributed by atoms with Gasteiger partial charge in [-0.1, -0.05) is 6.58 Å². The molecule has 0 aliphatic heterocycles. The highest BCUT2D eigenvalue weighted by Crippen LogP contribution is 2.26. The van der Waals surface area contributed by atoms with Crippen LogP contribution in [0.1, 0.15) is 6.92 Å². The van der Waals surface area contributed by atoms with Crippen LogP contribution in [0, 0.1) is 0 Å². The van der Waals surface area contributed by atoms with Gasteiger partial charge in [-0.2, -0.15) is 4.39 Å². The van der Waals surface area contributed by atoms with Crippen LogP contribution >= 0.6 is 9.24 Å². The molecule has 0 aromatic carbocycles. The van der Waals surface area contributed by atoms with Crippen molar-refractivity contribution in [3.8, 4) is 0 Å². The van der Waals surface area contributed by atoms with E-state index in [1.54, 1.807) is 0 Å². The fourth-order valence-electron chi connectivity index (χ4n) is 0.699. The highest BCUT2D eigenvalue weighted by atomic mass is 31.0. The normalized spacial score (nSPS) is 14.4. The van der Waals surface area contributed by atoms with Crippen molar-refractivity contribution >= 4 is 9.24 Å². The van der Waals surface area contributed by atoms with Crippen molar-refractivity contribution in [3.63, 3.8) is 0 Å². The molecule has 0 aliphatic rings. The summed E-state index contributed by atoms with van der Waals surface area (Å²) in [5.41, 5.74) is -0.117. The lowest BCUT2D eigenvalue weighted by atomic mass is 10.2. The van der Waals surface area contributed by atoms with Crippen molar-refractivity contribution < 1.29 is 17.9 Å². The van der Waals surface area contributed by atoms with Crippen molar-refractivity contribution in [1.82, 2.24) is 0 Å². The summed E-state index contributed by atoms with van der Waals surface area (Å²) < 4.78 is 43.5. The van der Waals surface area contributed by atoms with E-state index in [2.05, 4.69) is 11.3 Å². The number of ether oxygens (including phenoxy) is 1. The monoisotopic (exact) mass is 224 g/mol. The molecule has 0 amide bonds. The van der Waals surface area contributed by atoms with Crippen LogP contribution < -0.4 is 0 Å². The second-order valence-electron chi connectivity index (χ2n) is 2.55. The van der Waals surface area contributed by atoms with Gasteiger partial charge in [0.2, 0.25) is 5.83 Å². The fraction of sp³-hybridized carbons (Fsp3) is 0.333. The average Bonchev–Trinajstić information content (AvgIpc) is 2.16. The second kappa shape index (κ2) is 5.86. The van der Waals surface area contributed by atoms with Gasteiger partial charge >= 0.3 is 0 Å². The average molecular weight is 224 g/mol. The molecule has 0 rings (SSSR count). The lowest BCUT2D eigenvalue weighted by molar-refractivity contribution is 0.264. The molecule has 0 aromatic rings. The van der Waals surface area contributed by atoms with Crippen molar-refractivity contribution in [1.29, 1.82) is 0 Å². The zero-order valence-electron chi connectivity index (χ0n) is 8.03. The van der Waals surface area contributed by atoms with E-state index in [-0.39, 0.29) is 11.7 Å². The van der Waals surface area contributed by atoms with Gasteiger partial charge in [-0.05, 0) is 12.5 Å². The Labute approximate surface area is 83.5 Å². The standard InChI is InChI=1S/C9H12F3OP/c1-5(2)7(11)8(12)9(13-3)6(10)4-14/h1,4,14H2,2-3H3/b8-7-,9-6-. The molecule has 0 radical (unpaired) electrons. The minimum Gasteiger partial charge on any atom is -0.491 e. The molecular weight excluding hydrogens is 212 g/mol. The van der Waals surface area contributed by atoms with Gasteiger partial charge in [0.15, 0.2) is 11.6 Å². The summed E-state index contributed by atoms with van der Waals surface area (Å²) in [5.74, 6) is -4.15. The quantitative estimate of drug-likeness (QED) is 0.404. The first-order valence-corrected chi connectivity index (χ1v) is 4.61. The summed E-state index contributed by atoms with van der Waals surface area (Å²) in [7, 11) is 3.12. The minimum absolute atomic E-state index is 0.117. The molecule has 0 N–H and O–H groups in total. The smallest absolute Gasteiger partial charge is 0.203 e. The first kappa shape index (κ1) is 13.2. The number of allylic oxidation sites excluding steroid dienone is 4. The SMILES string of the molecule is C=C(C)/C(F)=C(F)\C(OC)=C(\F)CP. The summed E-state index contributed by atoms with van der Waals surface area (Å²) in [5, 5.41) is 0. The van der Waals surface area contributed by atoms with Crippen LogP contribution in [-0.2, 0) is 4.74 Å². The molecule has 0 saturated carbocycles. The largest absolute Gasteiger partial charge is 0.491 e. The Kier molecular flexibility index (Phi) is 5.55. The molecule has 1 nitrogen and oxygen atoms in total. The summed E-state index contributed by atoms with van der Waals surface area (Å²) in [6.07, 6.45) is -0.139. The molecule has 80 valence electrons.